The van der Waals surface area contributed by atoms with Gasteiger partial charge in [-0.15, -0.1) is 0 Å². The number of rotatable bonds is 4. The van der Waals surface area contributed by atoms with Gasteiger partial charge in [0.1, 0.15) is 0 Å². The minimum atomic E-state index is -3.78. The van der Waals surface area contributed by atoms with Gasteiger partial charge in [0, 0.05) is 0 Å². The summed E-state index contributed by atoms with van der Waals surface area (Å²) in [6.45, 7) is 0. The summed E-state index contributed by atoms with van der Waals surface area (Å²) in [5, 5.41) is -1.73. The summed E-state index contributed by atoms with van der Waals surface area (Å²) >= 11 is 0. The second-order valence-corrected chi connectivity index (χ2v) is 14.4. The fraction of sp³-hybridized carbons (Fsp3) is 0.440. The summed E-state index contributed by atoms with van der Waals surface area (Å²) in [6.07, 6.45) is 7.39. The van der Waals surface area contributed by atoms with Crippen LogP contribution in [0.5, 0.6) is 0 Å². The molecule has 5 aliphatic carbocycles. The zero-order valence-electron chi connectivity index (χ0n) is 17.0. The van der Waals surface area contributed by atoms with Crippen molar-refractivity contribution in [3.05, 3.63) is 72.8 Å². The van der Waals surface area contributed by atoms with Crippen LogP contribution in [0.4, 0.5) is 0 Å². The molecule has 160 valence electrons. The van der Waals surface area contributed by atoms with Gasteiger partial charge in [-0.05, 0) is 78.0 Å². The molecule has 8 atom stereocenters. The molecule has 6 heteroatoms. The third kappa shape index (κ3) is 1.91. The van der Waals surface area contributed by atoms with Crippen LogP contribution in [0.25, 0.3) is 0 Å². The second-order valence-electron chi connectivity index (χ2n) is 10.2. The molecule has 0 amide bonds. The third-order valence-corrected chi connectivity index (χ3v) is 14.2. The van der Waals surface area contributed by atoms with E-state index in [0.29, 0.717) is 11.8 Å². The van der Waals surface area contributed by atoms with Gasteiger partial charge in [-0.3, -0.25) is 0 Å². The van der Waals surface area contributed by atoms with E-state index in [1.54, 1.807) is 60.7 Å². The fourth-order valence-corrected chi connectivity index (χ4v) is 13.9. The molecule has 2 aromatic carbocycles. The Morgan fingerprint density at radius 3 is 1.45 bits per heavy atom. The van der Waals surface area contributed by atoms with Crippen LogP contribution in [0.2, 0.25) is 0 Å². The molecule has 4 nitrogen and oxygen atoms in total. The van der Waals surface area contributed by atoms with Gasteiger partial charge in [-0.25, -0.2) is 16.8 Å². The predicted octanol–water partition coefficient (Wildman–Crippen LogP) is 3.90. The van der Waals surface area contributed by atoms with Gasteiger partial charge in [0.25, 0.3) is 0 Å². The molecule has 4 saturated carbocycles. The fourth-order valence-electron chi connectivity index (χ4n) is 8.68. The molecule has 5 aliphatic rings. The maximum atomic E-state index is 14.0. The molecule has 0 radical (unpaired) electrons. The summed E-state index contributed by atoms with van der Waals surface area (Å²) in [5.41, 5.74) is 0.0125. The number of hydrogen-bond acceptors (Lipinski definition) is 4. The van der Waals surface area contributed by atoms with Crippen LogP contribution in [0.3, 0.4) is 0 Å². The van der Waals surface area contributed by atoms with Crippen LogP contribution in [0.15, 0.2) is 82.6 Å². The Hall–Kier alpha value is -1.92. The van der Waals surface area contributed by atoms with Crippen molar-refractivity contribution < 1.29 is 16.8 Å². The van der Waals surface area contributed by atoms with E-state index in [1.807, 2.05) is 0 Å². The molecule has 0 N–H and O–H groups in total. The predicted molar refractivity (Wildman–Crippen MR) is 117 cm³/mol. The van der Waals surface area contributed by atoms with E-state index < -0.39 is 30.2 Å². The van der Waals surface area contributed by atoms with Gasteiger partial charge in [-0.2, -0.15) is 0 Å². The summed E-state index contributed by atoms with van der Waals surface area (Å²) in [6, 6.07) is 17.0. The Balaban J connectivity index is 1.44. The Bertz CT molecular complexity index is 1230. The quantitative estimate of drug-likeness (QED) is 0.660. The minimum absolute atomic E-state index is 0.00626. The number of allylic oxidation sites excluding steroid dienone is 2. The molecule has 4 fully saturated rings. The average Bonchev–Trinajstić information content (AvgIpc) is 3.16. The molecule has 2 aromatic rings. The number of benzene rings is 2. The van der Waals surface area contributed by atoms with Crippen molar-refractivity contribution in [1.29, 1.82) is 0 Å². The molecule has 0 spiro atoms. The summed E-state index contributed by atoms with van der Waals surface area (Å²) in [4.78, 5) is 0.504. The SMILES string of the molecule is O=S(=O)(c1ccccc1)C1C2CC(C1S(=O)(=O)c1ccccc1)C13CC21C1C=CC3C1. The standard InChI is InChI=1S/C25H24O4S2/c26-30(27,18-7-3-1-4-8-18)22-20-14-21(23(22)31(28,29)19-9-5-2-6-10-19)25-15-24(20,25)16-11-12-17(25)13-16/h1-12,16-17,20-23H,13-15H2. The zero-order valence-corrected chi connectivity index (χ0v) is 18.6. The van der Waals surface area contributed by atoms with E-state index in [2.05, 4.69) is 12.2 Å². The second kappa shape index (κ2) is 5.52. The topological polar surface area (TPSA) is 68.3 Å². The van der Waals surface area contributed by atoms with E-state index in [-0.39, 0.29) is 32.5 Å². The molecule has 7 rings (SSSR count). The van der Waals surface area contributed by atoms with Crippen molar-refractivity contribution in [3.8, 4) is 0 Å². The Labute approximate surface area is 183 Å². The van der Waals surface area contributed by atoms with Crippen molar-refractivity contribution in [2.45, 2.75) is 39.6 Å². The summed E-state index contributed by atoms with van der Waals surface area (Å²) < 4.78 is 55.9. The molecule has 0 aliphatic heterocycles. The lowest BCUT2D eigenvalue weighted by atomic mass is 9.73. The van der Waals surface area contributed by atoms with Crippen molar-refractivity contribution in [2.24, 2.45) is 34.5 Å². The highest BCUT2D eigenvalue weighted by Crippen LogP contribution is 2.93. The van der Waals surface area contributed by atoms with Crippen LogP contribution < -0.4 is 0 Å². The van der Waals surface area contributed by atoms with Crippen molar-refractivity contribution in [1.82, 2.24) is 0 Å². The molecule has 0 heterocycles. The molecular formula is C25H24O4S2. The third-order valence-electron chi connectivity index (χ3n) is 9.54. The highest BCUT2D eigenvalue weighted by Gasteiger charge is 2.91. The van der Waals surface area contributed by atoms with E-state index in [4.69, 9.17) is 0 Å². The molecule has 0 saturated heterocycles. The molecule has 31 heavy (non-hydrogen) atoms. The maximum absolute atomic E-state index is 14.0. The lowest BCUT2D eigenvalue weighted by molar-refractivity contribution is 0.209. The first-order chi connectivity index (χ1) is 14.8. The first-order valence-corrected chi connectivity index (χ1v) is 14.2. The van der Waals surface area contributed by atoms with Crippen LogP contribution in [-0.4, -0.2) is 27.3 Å². The molecular weight excluding hydrogens is 428 g/mol. The Kier molecular flexibility index (Phi) is 3.32. The Morgan fingerprint density at radius 2 is 1.03 bits per heavy atom. The normalized spacial score (nSPS) is 43.7. The number of fused-ring (bicyclic) bond motifs is 4. The van der Waals surface area contributed by atoms with Crippen LogP contribution >= 0.6 is 0 Å². The smallest absolute Gasteiger partial charge is 0.182 e. The van der Waals surface area contributed by atoms with Crippen molar-refractivity contribution >= 4 is 19.7 Å². The van der Waals surface area contributed by atoms with Crippen molar-refractivity contribution in [3.63, 3.8) is 0 Å². The van der Waals surface area contributed by atoms with Gasteiger partial charge < -0.3 is 0 Å². The number of hydrogen-bond donors (Lipinski definition) is 0. The highest BCUT2D eigenvalue weighted by molar-refractivity contribution is 7.96. The van der Waals surface area contributed by atoms with Gasteiger partial charge >= 0.3 is 0 Å². The van der Waals surface area contributed by atoms with Gasteiger partial charge in [0.05, 0.1) is 20.3 Å². The van der Waals surface area contributed by atoms with Gasteiger partial charge in [0.2, 0.25) is 0 Å². The first kappa shape index (κ1) is 18.6. The van der Waals surface area contributed by atoms with Gasteiger partial charge in [0.15, 0.2) is 19.7 Å². The van der Waals surface area contributed by atoms with E-state index in [1.165, 1.54) is 0 Å². The van der Waals surface area contributed by atoms with Crippen LogP contribution in [-0.2, 0) is 19.7 Å². The summed E-state index contributed by atoms with van der Waals surface area (Å²) in [5.74, 6) is 0.681. The van der Waals surface area contributed by atoms with Crippen molar-refractivity contribution in [2.75, 3.05) is 0 Å². The lowest BCUT2D eigenvalue weighted by Gasteiger charge is -2.40. The Morgan fingerprint density at radius 1 is 0.613 bits per heavy atom. The molecule has 4 bridgehead atoms. The van der Waals surface area contributed by atoms with Crippen LogP contribution in [0.1, 0.15) is 19.3 Å². The zero-order chi connectivity index (χ0) is 21.2. The monoisotopic (exact) mass is 452 g/mol. The van der Waals surface area contributed by atoms with E-state index in [9.17, 15) is 16.8 Å². The minimum Gasteiger partial charge on any atom is -0.223 e. The molecule has 0 aromatic heterocycles. The summed E-state index contributed by atoms with van der Waals surface area (Å²) in [7, 11) is -7.57. The lowest BCUT2D eigenvalue weighted by Crippen LogP contribution is -2.50. The average molecular weight is 453 g/mol. The highest BCUT2D eigenvalue weighted by atomic mass is 32.2. The van der Waals surface area contributed by atoms with E-state index >= 15 is 0 Å². The molecule has 8 unspecified atom stereocenters. The van der Waals surface area contributed by atoms with Crippen LogP contribution in [0, 0.1) is 34.5 Å². The van der Waals surface area contributed by atoms with E-state index in [0.717, 1.165) is 19.3 Å². The maximum Gasteiger partial charge on any atom is 0.182 e. The first-order valence-electron chi connectivity index (χ1n) is 11.1. The van der Waals surface area contributed by atoms with Gasteiger partial charge in [-0.1, -0.05) is 48.6 Å². The largest absolute Gasteiger partial charge is 0.223 e. The number of sulfone groups is 2.